The normalized spacial score (nSPS) is 19.2. The summed E-state index contributed by atoms with van der Waals surface area (Å²) in [7, 11) is 0. The molecule has 2 N–H and O–H groups in total. The molecular formula is C27H30N6O3. The van der Waals surface area contributed by atoms with Gasteiger partial charge in [0.2, 0.25) is 0 Å². The summed E-state index contributed by atoms with van der Waals surface area (Å²) in [5.74, 6) is 0.906. The van der Waals surface area contributed by atoms with E-state index in [4.69, 9.17) is 4.74 Å². The average molecular weight is 487 g/mol. The zero-order valence-electron chi connectivity index (χ0n) is 20.1. The highest BCUT2D eigenvalue weighted by Crippen LogP contribution is 2.39. The molecule has 6 rings (SSSR count). The van der Waals surface area contributed by atoms with Crippen LogP contribution in [0.15, 0.2) is 60.9 Å². The number of amides is 3. The Balaban J connectivity index is 1.13. The minimum atomic E-state index is -0.0784. The largest absolute Gasteiger partial charge is 0.484 e. The van der Waals surface area contributed by atoms with Gasteiger partial charge in [0.15, 0.2) is 6.61 Å². The molecule has 3 aliphatic rings. The van der Waals surface area contributed by atoms with Crippen LogP contribution in [-0.4, -0.2) is 65.9 Å². The van der Waals surface area contributed by atoms with Gasteiger partial charge in [0.05, 0.1) is 17.6 Å². The number of nitrogens with zero attached hydrogens (tertiary/aromatic N) is 4. The van der Waals surface area contributed by atoms with Crippen LogP contribution in [0.25, 0.3) is 0 Å². The molecule has 186 valence electrons. The van der Waals surface area contributed by atoms with E-state index < -0.39 is 0 Å². The molecule has 0 radical (unpaired) electrons. The Morgan fingerprint density at radius 2 is 1.81 bits per heavy atom. The molecule has 9 nitrogen and oxygen atoms in total. The molecule has 1 aliphatic carbocycles. The van der Waals surface area contributed by atoms with Crippen LogP contribution in [0.5, 0.6) is 5.75 Å². The number of H-pyrrole nitrogens is 1. The second-order valence-corrected chi connectivity index (χ2v) is 9.66. The number of para-hydroxylation sites is 2. The number of ether oxygens (including phenoxy) is 1. The highest BCUT2D eigenvalue weighted by atomic mass is 16.5. The molecule has 3 heterocycles. The molecule has 1 aromatic heterocycles. The van der Waals surface area contributed by atoms with Gasteiger partial charge < -0.3 is 19.9 Å². The lowest BCUT2D eigenvalue weighted by Gasteiger charge is -2.39. The summed E-state index contributed by atoms with van der Waals surface area (Å²) >= 11 is 0. The van der Waals surface area contributed by atoms with Crippen LogP contribution in [0.2, 0.25) is 0 Å². The number of nitrogens with one attached hydrogen (secondary N) is 2. The van der Waals surface area contributed by atoms with E-state index in [1.807, 2.05) is 64.7 Å². The number of anilines is 3. The van der Waals surface area contributed by atoms with E-state index in [9.17, 15) is 9.59 Å². The van der Waals surface area contributed by atoms with E-state index in [2.05, 4.69) is 26.5 Å². The Morgan fingerprint density at radius 3 is 2.56 bits per heavy atom. The fraction of sp³-hybridized carbons (Fsp3) is 0.370. The number of fused-ring (bicyclic) bond motifs is 1. The predicted octanol–water partition coefficient (Wildman–Crippen LogP) is 3.63. The molecule has 1 atom stereocenters. The third-order valence-electron chi connectivity index (χ3n) is 7.15. The molecule has 1 saturated heterocycles. The second kappa shape index (κ2) is 9.56. The number of urea groups is 1. The summed E-state index contributed by atoms with van der Waals surface area (Å²) in [5.41, 5.74) is 4.09. The summed E-state index contributed by atoms with van der Waals surface area (Å²) in [6.45, 7) is 2.77. The van der Waals surface area contributed by atoms with Gasteiger partial charge in [-0.15, -0.1) is 0 Å². The van der Waals surface area contributed by atoms with E-state index in [0.717, 1.165) is 48.4 Å². The third-order valence-corrected chi connectivity index (χ3v) is 7.15. The van der Waals surface area contributed by atoms with Crippen molar-refractivity contribution in [3.8, 4) is 5.75 Å². The fourth-order valence-electron chi connectivity index (χ4n) is 5.06. The molecule has 0 bridgehead atoms. The molecule has 3 aromatic rings. The molecular weight excluding hydrogens is 456 g/mol. The first kappa shape index (κ1) is 22.5. The van der Waals surface area contributed by atoms with Crippen molar-refractivity contribution in [2.75, 3.05) is 42.6 Å². The van der Waals surface area contributed by atoms with Gasteiger partial charge in [-0.1, -0.05) is 12.1 Å². The molecule has 2 fully saturated rings. The Hall–Kier alpha value is -4.01. The van der Waals surface area contributed by atoms with Crippen LogP contribution in [0.3, 0.4) is 0 Å². The summed E-state index contributed by atoms with van der Waals surface area (Å²) in [6, 6.07) is 16.2. The van der Waals surface area contributed by atoms with Crippen molar-refractivity contribution in [1.29, 1.82) is 0 Å². The molecule has 36 heavy (non-hydrogen) atoms. The first-order chi connectivity index (χ1) is 17.7. The lowest BCUT2D eigenvalue weighted by molar-refractivity contribution is -0.123. The Bertz CT molecular complexity index is 1220. The maximum Gasteiger partial charge on any atom is 0.324 e. The van der Waals surface area contributed by atoms with Crippen LogP contribution >= 0.6 is 0 Å². The van der Waals surface area contributed by atoms with Gasteiger partial charge in [0.1, 0.15) is 5.75 Å². The van der Waals surface area contributed by atoms with Crippen LogP contribution < -0.4 is 19.9 Å². The van der Waals surface area contributed by atoms with Crippen LogP contribution in [0, 0.1) is 0 Å². The number of aromatic nitrogens is 2. The monoisotopic (exact) mass is 486 g/mol. The first-order valence-electron chi connectivity index (χ1n) is 12.6. The summed E-state index contributed by atoms with van der Waals surface area (Å²) in [5, 5.41) is 9.86. The molecule has 1 saturated carbocycles. The van der Waals surface area contributed by atoms with Crippen molar-refractivity contribution in [3.05, 3.63) is 66.5 Å². The van der Waals surface area contributed by atoms with Crippen molar-refractivity contribution in [1.82, 2.24) is 20.4 Å². The zero-order chi connectivity index (χ0) is 24.5. The third kappa shape index (κ3) is 4.60. The van der Waals surface area contributed by atoms with Gasteiger partial charge in [-0.05, 0) is 61.2 Å². The summed E-state index contributed by atoms with van der Waals surface area (Å²) in [4.78, 5) is 31.5. The summed E-state index contributed by atoms with van der Waals surface area (Å²) < 4.78 is 5.65. The Morgan fingerprint density at radius 1 is 1.00 bits per heavy atom. The smallest absolute Gasteiger partial charge is 0.324 e. The van der Waals surface area contributed by atoms with E-state index in [1.54, 1.807) is 0 Å². The molecule has 0 spiro atoms. The number of carbonyl (C=O) groups excluding carboxylic acids is 2. The average Bonchev–Trinajstić information content (AvgIpc) is 3.34. The predicted molar refractivity (Wildman–Crippen MR) is 137 cm³/mol. The lowest BCUT2D eigenvalue weighted by Crippen LogP contribution is -2.48. The van der Waals surface area contributed by atoms with Crippen LogP contribution in [-0.2, 0) is 4.79 Å². The Labute approximate surface area is 210 Å². The topological polar surface area (TPSA) is 93.8 Å². The van der Waals surface area contributed by atoms with E-state index in [-0.39, 0.29) is 18.5 Å². The standard InChI is InChI=1S/C27H30N6O3/c34-26(30-21-5-6-21)18-36-23-9-7-22(8-10-23)32-13-14-33(25-4-2-1-3-24(25)32)27(35)31-12-11-19(17-31)20-15-28-29-16-20/h1-4,7-10,15-16,19,21H,5-6,11-14,17-18H2,(H,28,29)(H,30,34). The lowest BCUT2D eigenvalue weighted by atomic mass is 10.0. The van der Waals surface area contributed by atoms with Crippen molar-refractivity contribution >= 4 is 29.0 Å². The maximum absolute atomic E-state index is 13.5. The first-order valence-corrected chi connectivity index (χ1v) is 12.6. The highest BCUT2D eigenvalue weighted by molar-refractivity contribution is 5.98. The number of hydrogen-bond acceptors (Lipinski definition) is 5. The maximum atomic E-state index is 13.5. The zero-order valence-corrected chi connectivity index (χ0v) is 20.1. The van der Waals surface area contributed by atoms with Crippen molar-refractivity contribution in [2.24, 2.45) is 0 Å². The van der Waals surface area contributed by atoms with Gasteiger partial charge in [0, 0.05) is 50.0 Å². The van der Waals surface area contributed by atoms with Gasteiger partial charge in [-0.2, -0.15) is 5.10 Å². The SMILES string of the molecule is O=C(COc1ccc(N2CCN(C(=O)N3CCC(c4cn[nH]c4)C3)c3ccccc32)cc1)NC1CC1. The summed E-state index contributed by atoms with van der Waals surface area (Å²) in [6.07, 6.45) is 6.84. The molecule has 9 heteroatoms. The number of carbonyl (C=O) groups is 2. The van der Waals surface area contributed by atoms with Crippen molar-refractivity contribution < 1.29 is 14.3 Å². The van der Waals surface area contributed by atoms with E-state index >= 15 is 0 Å². The number of hydrogen-bond donors (Lipinski definition) is 2. The van der Waals surface area contributed by atoms with Crippen LogP contribution in [0.4, 0.5) is 21.9 Å². The van der Waals surface area contributed by atoms with Crippen molar-refractivity contribution in [3.63, 3.8) is 0 Å². The molecule has 3 amide bonds. The van der Waals surface area contributed by atoms with E-state index in [1.165, 1.54) is 0 Å². The van der Waals surface area contributed by atoms with E-state index in [0.29, 0.717) is 37.3 Å². The van der Waals surface area contributed by atoms with Crippen molar-refractivity contribution in [2.45, 2.75) is 31.2 Å². The number of rotatable bonds is 6. The van der Waals surface area contributed by atoms with Gasteiger partial charge in [-0.3, -0.25) is 14.8 Å². The van der Waals surface area contributed by atoms with Gasteiger partial charge in [-0.25, -0.2) is 4.79 Å². The minimum absolute atomic E-state index is 0.0252. The number of likely N-dealkylation sites (tertiary alicyclic amines) is 1. The second-order valence-electron chi connectivity index (χ2n) is 9.66. The van der Waals surface area contributed by atoms with Gasteiger partial charge >= 0.3 is 6.03 Å². The number of aromatic amines is 1. The molecule has 1 unspecified atom stereocenters. The molecule has 2 aromatic carbocycles. The molecule has 2 aliphatic heterocycles. The quantitative estimate of drug-likeness (QED) is 0.555. The van der Waals surface area contributed by atoms with Crippen LogP contribution in [0.1, 0.15) is 30.7 Å². The fourth-order valence-corrected chi connectivity index (χ4v) is 5.06. The highest BCUT2D eigenvalue weighted by Gasteiger charge is 2.34. The Kier molecular flexibility index (Phi) is 5.96. The number of benzene rings is 2. The minimum Gasteiger partial charge on any atom is -0.484 e. The van der Waals surface area contributed by atoms with Gasteiger partial charge in [0.25, 0.3) is 5.91 Å².